The molecule has 0 aliphatic rings. The molecule has 0 atom stereocenters. The zero-order chi connectivity index (χ0) is 13.9. The summed E-state index contributed by atoms with van der Waals surface area (Å²) >= 11 is 0. The molecule has 0 aliphatic heterocycles. The number of methoxy groups -OCH3 is 2. The largest absolute Gasteiger partial charge is 0.497 e. The van der Waals surface area contributed by atoms with Crippen molar-refractivity contribution in [2.45, 2.75) is 58.3 Å². The maximum absolute atomic E-state index is 5.42. The van der Waals surface area contributed by atoms with Crippen LogP contribution < -0.4 is 9.47 Å². The molecule has 0 heterocycles. The van der Waals surface area contributed by atoms with Crippen molar-refractivity contribution in [1.29, 1.82) is 0 Å². The summed E-state index contributed by atoms with van der Waals surface area (Å²) in [5.74, 6) is 1.81. The van der Waals surface area contributed by atoms with E-state index in [4.69, 9.17) is 9.47 Å². The Balaban J connectivity index is 2.28. The molecule has 0 saturated carbocycles. The van der Waals surface area contributed by atoms with Gasteiger partial charge >= 0.3 is 0 Å². The van der Waals surface area contributed by atoms with Gasteiger partial charge in [0.25, 0.3) is 0 Å². The molecular weight excluding hydrogens is 236 g/mol. The predicted molar refractivity (Wildman–Crippen MR) is 81.2 cm³/mol. The molecule has 0 saturated heterocycles. The molecule has 1 aromatic carbocycles. The maximum atomic E-state index is 5.42. The summed E-state index contributed by atoms with van der Waals surface area (Å²) < 4.78 is 10.6. The number of ether oxygens (including phenoxy) is 2. The highest BCUT2D eigenvalue weighted by Crippen LogP contribution is 2.26. The summed E-state index contributed by atoms with van der Waals surface area (Å²) in [5, 5.41) is 0. The van der Waals surface area contributed by atoms with E-state index in [2.05, 4.69) is 13.0 Å². The Morgan fingerprint density at radius 1 is 0.842 bits per heavy atom. The topological polar surface area (TPSA) is 18.5 Å². The second-order valence-corrected chi connectivity index (χ2v) is 5.05. The molecule has 1 rings (SSSR count). The van der Waals surface area contributed by atoms with Crippen LogP contribution in [0.5, 0.6) is 11.5 Å². The van der Waals surface area contributed by atoms with E-state index >= 15 is 0 Å². The third-order valence-corrected chi connectivity index (χ3v) is 3.54. The van der Waals surface area contributed by atoms with Crippen LogP contribution in [-0.4, -0.2) is 14.2 Å². The first kappa shape index (κ1) is 15.9. The van der Waals surface area contributed by atoms with Gasteiger partial charge in [0.1, 0.15) is 11.5 Å². The van der Waals surface area contributed by atoms with Gasteiger partial charge in [0.2, 0.25) is 0 Å². The second kappa shape index (κ2) is 9.71. The molecule has 0 unspecified atom stereocenters. The Morgan fingerprint density at radius 3 is 2.16 bits per heavy atom. The fourth-order valence-corrected chi connectivity index (χ4v) is 2.33. The standard InChI is InChI=1S/C17H28O2/c1-4-5-6-7-8-9-10-11-15-12-13-16(18-2)14-17(15)19-3/h12-14H,4-11H2,1-3H3. The van der Waals surface area contributed by atoms with E-state index in [0.29, 0.717) is 0 Å². The summed E-state index contributed by atoms with van der Waals surface area (Å²) in [6, 6.07) is 6.10. The fourth-order valence-electron chi connectivity index (χ4n) is 2.33. The van der Waals surface area contributed by atoms with Crippen LogP contribution in [-0.2, 0) is 6.42 Å². The van der Waals surface area contributed by atoms with Crippen molar-refractivity contribution in [2.24, 2.45) is 0 Å². The molecule has 19 heavy (non-hydrogen) atoms. The molecule has 0 N–H and O–H groups in total. The van der Waals surface area contributed by atoms with Crippen molar-refractivity contribution in [3.63, 3.8) is 0 Å². The minimum atomic E-state index is 0.861. The van der Waals surface area contributed by atoms with Crippen LogP contribution in [0.2, 0.25) is 0 Å². The van der Waals surface area contributed by atoms with Gasteiger partial charge in [0.15, 0.2) is 0 Å². The lowest BCUT2D eigenvalue weighted by atomic mass is 10.0. The van der Waals surface area contributed by atoms with E-state index in [1.165, 1.54) is 50.5 Å². The highest BCUT2D eigenvalue weighted by molar-refractivity contribution is 5.40. The zero-order valence-corrected chi connectivity index (χ0v) is 12.7. The van der Waals surface area contributed by atoms with Crippen molar-refractivity contribution in [3.8, 4) is 11.5 Å². The lowest BCUT2D eigenvalue weighted by Crippen LogP contribution is -1.94. The fraction of sp³-hybridized carbons (Fsp3) is 0.647. The molecule has 0 bridgehead atoms. The summed E-state index contributed by atoms with van der Waals surface area (Å²) in [6.45, 7) is 2.26. The third-order valence-electron chi connectivity index (χ3n) is 3.54. The Labute approximate surface area is 118 Å². The van der Waals surface area contributed by atoms with Crippen LogP contribution >= 0.6 is 0 Å². The van der Waals surface area contributed by atoms with E-state index in [-0.39, 0.29) is 0 Å². The van der Waals surface area contributed by atoms with E-state index in [1.807, 2.05) is 12.1 Å². The van der Waals surface area contributed by atoms with E-state index in [1.54, 1.807) is 14.2 Å². The highest BCUT2D eigenvalue weighted by Gasteiger charge is 2.04. The maximum Gasteiger partial charge on any atom is 0.125 e. The Hall–Kier alpha value is -1.18. The average molecular weight is 264 g/mol. The van der Waals surface area contributed by atoms with Gasteiger partial charge in [0, 0.05) is 6.07 Å². The first-order valence-corrected chi connectivity index (χ1v) is 7.52. The molecule has 2 nitrogen and oxygen atoms in total. The van der Waals surface area contributed by atoms with Crippen LogP contribution in [0.3, 0.4) is 0 Å². The van der Waals surface area contributed by atoms with E-state index in [9.17, 15) is 0 Å². The third kappa shape index (κ3) is 6.00. The number of hydrogen-bond donors (Lipinski definition) is 0. The number of aryl methyl sites for hydroxylation is 1. The van der Waals surface area contributed by atoms with Crippen LogP contribution in [0.25, 0.3) is 0 Å². The minimum Gasteiger partial charge on any atom is -0.497 e. The number of unbranched alkanes of at least 4 members (excludes halogenated alkanes) is 6. The number of hydrogen-bond acceptors (Lipinski definition) is 2. The van der Waals surface area contributed by atoms with E-state index in [0.717, 1.165) is 17.9 Å². The van der Waals surface area contributed by atoms with Gasteiger partial charge in [0.05, 0.1) is 14.2 Å². The Morgan fingerprint density at radius 2 is 1.53 bits per heavy atom. The van der Waals surface area contributed by atoms with Crippen LogP contribution in [0.15, 0.2) is 18.2 Å². The van der Waals surface area contributed by atoms with Gasteiger partial charge in [-0.15, -0.1) is 0 Å². The van der Waals surface area contributed by atoms with Crippen molar-refractivity contribution in [1.82, 2.24) is 0 Å². The first-order chi connectivity index (χ1) is 9.31. The SMILES string of the molecule is CCCCCCCCCc1ccc(OC)cc1OC. The molecule has 0 amide bonds. The molecule has 0 spiro atoms. The smallest absolute Gasteiger partial charge is 0.125 e. The van der Waals surface area contributed by atoms with Gasteiger partial charge in [-0.25, -0.2) is 0 Å². The van der Waals surface area contributed by atoms with Gasteiger partial charge in [-0.2, -0.15) is 0 Å². The molecule has 1 aromatic rings. The second-order valence-electron chi connectivity index (χ2n) is 5.05. The van der Waals surface area contributed by atoms with Crippen molar-refractivity contribution < 1.29 is 9.47 Å². The lowest BCUT2D eigenvalue weighted by molar-refractivity contribution is 0.390. The summed E-state index contributed by atoms with van der Waals surface area (Å²) in [6.07, 6.45) is 10.5. The van der Waals surface area contributed by atoms with Crippen LogP contribution in [0.1, 0.15) is 57.4 Å². The average Bonchev–Trinajstić information content (AvgIpc) is 2.46. The minimum absolute atomic E-state index is 0.861. The lowest BCUT2D eigenvalue weighted by Gasteiger charge is -2.10. The first-order valence-electron chi connectivity index (χ1n) is 7.52. The monoisotopic (exact) mass is 264 g/mol. The van der Waals surface area contributed by atoms with Gasteiger partial charge in [-0.1, -0.05) is 51.5 Å². The molecule has 0 fully saturated rings. The Kier molecular flexibility index (Phi) is 8.11. The number of rotatable bonds is 10. The van der Waals surface area contributed by atoms with Crippen LogP contribution in [0, 0.1) is 0 Å². The molecular formula is C17H28O2. The summed E-state index contributed by atoms with van der Waals surface area (Å²) in [4.78, 5) is 0. The molecule has 108 valence electrons. The normalized spacial score (nSPS) is 10.5. The van der Waals surface area contributed by atoms with Gasteiger partial charge < -0.3 is 9.47 Å². The van der Waals surface area contributed by atoms with Gasteiger partial charge in [-0.05, 0) is 24.5 Å². The van der Waals surface area contributed by atoms with Gasteiger partial charge in [-0.3, -0.25) is 0 Å². The van der Waals surface area contributed by atoms with Crippen molar-refractivity contribution in [3.05, 3.63) is 23.8 Å². The highest BCUT2D eigenvalue weighted by atomic mass is 16.5. The van der Waals surface area contributed by atoms with Crippen molar-refractivity contribution >= 4 is 0 Å². The number of benzene rings is 1. The summed E-state index contributed by atoms with van der Waals surface area (Å²) in [7, 11) is 3.41. The van der Waals surface area contributed by atoms with Crippen LogP contribution in [0.4, 0.5) is 0 Å². The molecule has 0 radical (unpaired) electrons. The predicted octanol–water partition coefficient (Wildman–Crippen LogP) is 5.00. The van der Waals surface area contributed by atoms with E-state index < -0.39 is 0 Å². The quantitative estimate of drug-likeness (QED) is 0.554. The van der Waals surface area contributed by atoms with Crippen molar-refractivity contribution in [2.75, 3.05) is 14.2 Å². The zero-order valence-electron chi connectivity index (χ0n) is 12.7. The molecule has 0 aromatic heterocycles. The Bertz CT molecular complexity index is 347. The molecule has 2 heteroatoms. The summed E-state index contributed by atoms with van der Waals surface area (Å²) in [5.41, 5.74) is 1.29. The molecule has 0 aliphatic carbocycles.